The van der Waals surface area contributed by atoms with Gasteiger partial charge in [0.1, 0.15) is 0 Å². The van der Waals surface area contributed by atoms with Crippen LogP contribution in [-0.2, 0) is 4.79 Å². The van der Waals surface area contributed by atoms with Crippen LogP contribution in [-0.4, -0.2) is 26.2 Å². The average Bonchev–Trinajstić information content (AvgIpc) is 3.04. The van der Waals surface area contributed by atoms with Gasteiger partial charge in [0.15, 0.2) is 5.16 Å². The van der Waals surface area contributed by atoms with Gasteiger partial charge in [-0.2, -0.15) is 0 Å². The molecule has 1 amide bonds. The Labute approximate surface area is 145 Å². The first-order valence-corrected chi connectivity index (χ1v) is 8.56. The molecule has 3 aromatic rings. The van der Waals surface area contributed by atoms with Crippen molar-refractivity contribution in [2.24, 2.45) is 0 Å². The summed E-state index contributed by atoms with van der Waals surface area (Å²) in [5.41, 5.74) is 4.14. The Morgan fingerprint density at radius 1 is 1.25 bits per heavy atom. The molecule has 1 aromatic carbocycles. The van der Waals surface area contributed by atoms with Crippen LogP contribution in [0.5, 0.6) is 0 Å². The molecule has 0 atom stereocenters. The van der Waals surface area contributed by atoms with Crippen LogP contribution >= 0.6 is 11.8 Å². The van der Waals surface area contributed by atoms with E-state index in [0.717, 1.165) is 10.8 Å². The average molecular weight is 338 g/mol. The van der Waals surface area contributed by atoms with Crippen molar-refractivity contribution >= 4 is 23.4 Å². The number of carbonyl (C=O) groups excluding carboxylic acids is 1. The summed E-state index contributed by atoms with van der Waals surface area (Å²) >= 11 is 1.41. The van der Waals surface area contributed by atoms with Gasteiger partial charge in [0, 0.05) is 18.6 Å². The van der Waals surface area contributed by atoms with Gasteiger partial charge in [0.05, 0.1) is 23.3 Å². The minimum absolute atomic E-state index is 0.0801. The summed E-state index contributed by atoms with van der Waals surface area (Å²) in [6.07, 6.45) is 6.97. The number of pyridine rings is 1. The zero-order chi connectivity index (χ0) is 16.9. The third kappa shape index (κ3) is 3.83. The lowest BCUT2D eigenvalue weighted by Gasteiger charge is -2.11. The summed E-state index contributed by atoms with van der Waals surface area (Å²) in [5, 5.41) is 3.62. The van der Waals surface area contributed by atoms with Crippen molar-refractivity contribution in [3.63, 3.8) is 0 Å². The SMILES string of the molecule is Cc1ccc(C)c(-n2ccnc2SCC(=O)Nc2cccnc2)c1. The molecule has 122 valence electrons. The Bertz CT molecular complexity index is 845. The first kappa shape index (κ1) is 16.3. The van der Waals surface area contributed by atoms with Gasteiger partial charge in [0.25, 0.3) is 0 Å². The molecule has 24 heavy (non-hydrogen) atoms. The van der Waals surface area contributed by atoms with E-state index in [-0.39, 0.29) is 11.7 Å². The monoisotopic (exact) mass is 338 g/mol. The molecule has 0 aliphatic heterocycles. The highest BCUT2D eigenvalue weighted by Crippen LogP contribution is 2.23. The number of amides is 1. The van der Waals surface area contributed by atoms with Crippen molar-refractivity contribution in [2.75, 3.05) is 11.1 Å². The Hall–Kier alpha value is -2.60. The van der Waals surface area contributed by atoms with Crippen LogP contribution in [0.15, 0.2) is 60.3 Å². The van der Waals surface area contributed by atoms with Gasteiger partial charge in [-0.15, -0.1) is 0 Å². The summed E-state index contributed by atoms with van der Waals surface area (Å²) in [5.74, 6) is 0.208. The minimum Gasteiger partial charge on any atom is -0.324 e. The van der Waals surface area contributed by atoms with Crippen LogP contribution in [0.25, 0.3) is 5.69 Å². The third-order valence-corrected chi connectivity index (χ3v) is 4.48. The number of nitrogens with one attached hydrogen (secondary N) is 1. The maximum atomic E-state index is 12.1. The van der Waals surface area contributed by atoms with Crippen molar-refractivity contribution in [3.05, 3.63) is 66.2 Å². The summed E-state index contributed by atoms with van der Waals surface area (Å²) in [6, 6.07) is 9.90. The molecule has 0 fully saturated rings. The van der Waals surface area contributed by atoms with Gasteiger partial charge >= 0.3 is 0 Å². The van der Waals surface area contributed by atoms with E-state index in [2.05, 4.69) is 47.3 Å². The summed E-state index contributed by atoms with van der Waals surface area (Å²) < 4.78 is 2.02. The number of rotatable bonds is 5. The minimum atomic E-state index is -0.0801. The second-order valence-corrected chi connectivity index (χ2v) is 6.39. The van der Waals surface area contributed by atoms with Crippen LogP contribution in [0.3, 0.4) is 0 Å². The third-order valence-electron chi connectivity index (χ3n) is 3.51. The molecule has 2 aromatic heterocycles. The molecule has 2 heterocycles. The molecule has 0 saturated heterocycles. The zero-order valence-electron chi connectivity index (χ0n) is 13.6. The van der Waals surface area contributed by atoms with E-state index in [1.165, 1.54) is 22.9 Å². The second kappa shape index (κ2) is 7.31. The highest BCUT2D eigenvalue weighted by molar-refractivity contribution is 7.99. The lowest BCUT2D eigenvalue weighted by atomic mass is 10.1. The molecule has 0 saturated carbocycles. The van der Waals surface area contributed by atoms with E-state index in [9.17, 15) is 4.79 Å². The molecular weight excluding hydrogens is 320 g/mol. The quantitative estimate of drug-likeness (QED) is 0.722. The lowest BCUT2D eigenvalue weighted by molar-refractivity contribution is -0.113. The predicted molar refractivity (Wildman–Crippen MR) is 96.6 cm³/mol. The molecule has 0 aliphatic carbocycles. The predicted octanol–water partition coefficient (Wildman–Crippen LogP) is 3.61. The van der Waals surface area contributed by atoms with Crippen molar-refractivity contribution < 1.29 is 4.79 Å². The molecule has 0 bridgehead atoms. The fourth-order valence-electron chi connectivity index (χ4n) is 2.32. The van der Waals surface area contributed by atoms with Crippen molar-refractivity contribution in [3.8, 4) is 5.69 Å². The Morgan fingerprint density at radius 3 is 2.92 bits per heavy atom. The number of nitrogens with zero attached hydrogens (tertiary/aromatic N) is 3. The molecular formula is C18H18N4OS. The first-order chi connectivity index (χ1) is 11.6. The topological polar surface area (TPSA) is 59.8 Å². The van der Waals surface area contributed by atoms with Gasteiger partial charge in [-0.1, -0.05) is 23.9 Å². The molecule has 3 rings (SSSR count). The number of hydrogen-bond donors (Lipinski definition) is 1. The number of anilines is 1. The number of aromatic nitrogens is 3. The first-order valence-electron chi connectivity index (χ1n) is 7.57. The number of imidazole rings is 1. The largest absolute Gasteiger partial charge is 0.324 e. The number of benzene rings is 1. The molecule has 0 unspecified atom stereocenters. The Balaban J connectivity index is 1.70. The van der Waals surface area contributed by atoms with E-state index in [0.29, 0.717) is 5.69 Å². The van der Waals surface area contributed by atoms with Gasteiger partial charge in [-0.3, -0.25) is 14.3 Å². The molecule has 1 N–H and O–H groups in total. The number of thioether (sulfide) groups is 1. The Morgan fingerprint density at radius 2 is 2.12 bits per heavy atom. The maximum absolute atomic E-state index is 12.1. The standard InChI is InChI=1S/C18H18N4OS/c1-13-5-6-14(2)16(10-13)22-9-8-20-18(22)24-12-17(23)21-15-4-3-7-19-11-15/h3-11H,12H2,1-2H3,(H,21,23). The second-order valence-electron chi connectivity index (χ2n) is 5.45. The fraction of sp³-hybridized carbons (Fsp3) is 0.167. The maximum Gasteiger partial charge on any atom is 0.234 e. The summed E-state index contributed by atoms with van der Waals surface area (Å²) in [7, 11) is 0. The number of hydrogen-bond acceptors (Lipinski definition) is 4. The van der Waals surface area contributed by atoms with Crippen LogP contribution in [0.2, 0.25) is 0 Å². The van der Waals surface area contributed by atoms with E-state index in [4.69, 9.17) is 0 Å². The number of aryl methyl sites for hydroxylation is 2. The highest BCUT2D eigenvalue weighted by atomic mass is 32.2. The molecule has 0 aliphatic rings. The molecule has 6 heteroatoms. The van der Waals surface area contributed by atoms with Crippen LogP contribution in [0.4, 0.5) is 5.69 Å². The van der Waals surface area contributed by atoms with Gasteiger partial charge in [0.2, 0.25) is 5.91 Å². The van der Waals surface area contributed by atoms with Gasteiger partial charge < -0.3 is 5.32 Å². The lowest BCUT2D eigenvalue weighted by Crippen LogP contribution is -2.14. The molecule has 5 nitrogen and oxygen atoms in total. The van der Waals surface area contributed by atoms with Crippen molar-refractivity contribution in [1.82, 2.24) is 14.5 Å². The van der Waals surface area contributed by atoms with Crippen LogP contribution in [0.1, 0.15) is 11.1 Å². The highest BCUT2D eigenvalue weighted by Gasteiger charge is 2.11. The summed E-state index contributed by atoms with van der Waals surface area (Å²) in [6.45, 7) is 4.13. The molecule has 0 radical (unpaired) electrons. The summed E-state index contributed by atoms with van der Waals surface area (Å²) in [4.78, 5) is 20.4. The number of carbonyl (C=O) groups is 1. The van der Waals surface area contributed by atoms with Crippen LogP contribution < -0.4 is 5.32 Å². The van der Waals surface area contributed by atoms with E-state index < -0.39 is 0 Å². The van der Waals surface area contributed by atoms with Crippen molar-refractivity contribution in [2.45, 2.75) is 19.0 Å². The fourth-order valence-corrected chi connectivity index (χ4v) is 3.09. The van der Waals surface area contributed by atoms with Gasteiger partial charge in [-0.25, -0.2) is 4.98 Å². The van der Waals surface area contributed by atoms with E-state index >= 15 is 0 Å². The Kier molecular flexibility index (Phi) is 4.96. The normalized spacial score (nSPS) is 10.6. The van der Waals surface area contributed by atoms with Crippen molar-refractivity contribution in [1.29, 1.82) is 0 Å². The van der Waals surface area contributed by atoms with E-state index in [1.807, 2.05) is 16.8 Å². The van der Waals surface area contributed by atoms with Gasteiger partial charge in [-0.05, 0) is 43.2 Å². The smallest absolute Gasteiger partial charge is 0.234 e. The van der Waals surface area contributed by atoms with Crippen LogP contribution in [0, 0.1) is 13.8 Å². The zero-order valence-corrected chi connectivity index (χ0v) is 14.4. The molecule has 0 spiro atoms. The van der Waals surface area contributed by atoms with E-state index in [1.54, 1.807) is 24.7 Å².